The van der Waals surface area contributed by atoms with Crippen molar-refractivity contribution in [1.82, 2.24) is 5.32 Å². The maximum atomic E-state index is 5.34. The lowest BCUT2D eigenvalue weighted by atomic mass is 10.5. The zero-order valence-electron chi connectivity index (χ0n) is 5.75. The van der Waals surface area contributed by atoms with Gasteiger partial charge in [0.25, 0.3) is 0 Å². The Bertz CT molecular complexity index is 160. The smallest absolute Gasteiger partial charge is 0.104 e. The van der Waals surface area contributed by atoms with E-state index in [1.165, 1.54) is 0 Å². The first-order valence-corrected chi connectivity index (χ1v) is 3.64. The van der Waals surface area contributed by atoms with Crippen molar-refractivity contribution < 1.29 is 0 Å². The van der Waals surface area contributed by atoms with Gasteiger partial charge in [-0.25, -0.2) is 0 Å². The topological polar surface area (TPSA) is 12.0 Å². The third-order valence-corrected chi connectivity index (χ3v) is 1.10. The summed E-state index contributed by atoms with van der Waals surface area (Å²) in [5.74, 6) is 5.60. The summed E-state index contributed by atoms with van der Waals surface area (Å²) < 4.78 is 0.289. The van der Waals surface area contributed by atoms with Gasteiger partial charge in [0.1, 0.15) is 4.49 Å². The molecule has 0 amide bonds. The van der Waals surface area contributed by atoms with E-state index in [-0.39, 0.29) is 4.49 Å². The molecule has 10 heavy (non-hydrogen) atoms. The van der Waals surface area contributed by atoms with Crippen LogP contribution in [-0.2, 0) is 0 Å². The Balaban J connectivity index is 3.19. The van der Waals surface area contributed by atoms with Gasteiger partial charge in [-0.15, -0.1) is 5.92 Å². The van der Waals surface area contributed by atoms with Crippen LogP contribution in [0.1, 0.15) is 6.92 Å². The molecule has 0 rings (SSSR count). The van der Waals surface area contributed by atoms with Crippen LogP contribution in [0.4, 0.5) is 0 Å². The summed E-state index contributed by atoms with van der Waals surface area (Å²) >= 11 is 10.7. The molecule has 0 aliphatic rings. The van der Waals surface area contributed by atoms with Gasteiger partial charge in [0.15, 0.2) is 0 Å². The highest BCUT2D eigenvalue weighted by Crippen LogP contribution is 2.03. The average molecular weight is 178 g/mol. The van der Waals surface area contributed by atoms with Crippen molar-refractivity contribution in [2.24, 2.45) is 0 Å². The third kappa shape index (κ3) is 7.84. The van der Waals surface area contributed by atoms with Crippen LogP contribution < -0.4 is 5.32 Å². The largest absolute Gasteiger partial charge is 0.303 e. The van der Waals surface area contributed by atoms with Crippen LogP contribution in [0.2, 0.25) is 0 Å². The highest BCUT2D eigenvalue weighted by molar-refractivity contribution is 6.55. The highest BCUT2D eigenvalue weighted by Gasteiger charge is 1.80. The zero-order chi connectivity index (χ0) is 7.82. The molecule has 1 nitrogen and oxygen atoms in total. The lowest BCUT2D eigenvalue weighted by molar-refractivity contribution is 0.857. The van der Waals surface area contributed by atoms with E-state index in [1.54, 1.807) is 13.0 Å². The van der Waals surface area contributed by atoms with Gasteiger partial charge in [-0.3, -0.25) is 0 Å². The van der Waals surface area contributed by atoms with E-state index in [4.69, 9.17) is 23.2 Å². The Hall–Kier alpha value is -0.160. The molecule has 1 N–H and O–H groups in total. The van der Waals surface area contributed by atoms with Gasteiger partial charge in [-0.05, 0) is 13.0 Å². The van der Waals surface area contributed by atoms with Crippen molar-refractivity contribution in [2.75, 3.05) is 13.1 Å². The number of nitrogens with one attached hydrogen (secondary N) is 1. The summed E-state index contributed by atoms with van der Waals surface area (Å²) in [7, 11) is 0. The van der Waals surface area contributed by atoms with E-state index in [1.807, 2.05) is 0 Å². The molecule has 0 bridgehead atoms. The maximum absolute atomic E-state index is 5.34. The summed E-state index contributed by atoms with van der Waals surface area (Å²) in [5, 5.41) is 3.00. The van der Waals surface area contributed by atoms with E-state index in [0.29, 0.717) is 13.1 Å². The maximum Gasteiger partial charge on any atom is 0.104 e. The quantitative estimate of drug-likeness (QED) is 0.514. The second-order valence-electron chi connectivity index (χ2n) is 1.55. The highest BCUT2D eigenvalue weighted by atomic mass is 35.5. The lowest BCUT2D eigenvalue weighted by Gasteiger charge is -1.91. The first kappa shape index (κ1) is 9.84. The summed E-state index contributed by atoms with van der Waals surface area (Å²) in [6.07, 6.45) is 1.68. The molecule has 0 fully saturated rings. The Labute approximate surface area is 71.4 Å². The molecule has 0 aromatic heterocycles. The fourth-order valence-corrected chi connectivity index (χ4v) is 0.527. The molecule has 0 spiro atoms. The number of rotatable bonds is 3. The molecule has 0 aliphatic heterocycles. The second-order valence-corrected chi connectivity index (χ2v) is 2.56. The first-order valence-electron chi connectivity index (χ1n) is 2.89. The van der Waals surface area contributed by atoms with Crippen LogP contribution >= 0.6 is 23.2 Å². The normalized spacial score (nSPS) is 7.90. The summed E-state index contributed by atoms with van der Waals surface area (Å²) in [4.78, 5) is 0. The molecule has 0 radical (unpaired) electrons. The Kier molecular flexibility index (Phi) is 6.84. The lowest BCUT2D eigenvalue weighted by Crippen LogP contribution is -2.13. The van der Waals surface area contributed by atoms with Gasteiger partial charge in [0.2, 0.25) is 0 Å². The Morgan fingerprint density at radius 2 is 2.30 bits per heavy atom. The fourth-order valence-electron chi connectivity index (χ4n) is 0.372. The van der Waals surface area contributed by atoms with Crippen molar-refractivity contribution in [3.63, 3.8) is 0 Å². The molecule has 0 heterocycles. The van der Waals surface area contributed by atoms with Gasteiger partial charge < -0.3 is 5.32 Å². The van der Waals surface area contributed by atoms with E-state index < -0.39 is 0 Å². The van der Waals surface area contributed by atoms with Crippen LogP contribution in [0.5, 0.6) is 0 Å². The minimum Gasteiger partial charge on any atom is -0.303 e. The van der Waals surface area contributed by atoms with Gasteiger partial charge in [0, 0.05) is 6.54 Å². The number of hydrogen-bond donors (Lipinski definition) is 1. The second kappa shape index (κ2) is 6.95. The molecule has 0 saturated heterocycles. The van der Waals surface area contributed by atoms with Crippen LogP contribution in [0.3, 0.4) is 0 Å². The molecule has 0 atom stereocenters. The molecule has 0 unspecified atom stereocenters. The molecular weight excluding hydrogens is 169 g/mol. The van der Waals surface area contributed by atoms with Crippen molar-refractivity contribution in [3.8, 4) is 11.8 Å². The summed E-state index contributed by atoms with van der Waals surface area (Å²) in [6.45, 7) is 3.14. The van der Waals surface area contributed by atoms with E-state index in [9.17, 15) is 0 Å². The van der Waals surface area contributed by atoms with Gasteiger partial charge in [0.05, 0.1) is 6.54 Å². The van der Waals surface area contributed by atoms with Crippen molar-refractivity contribution in [1.29, 1.82) is 0 Å². The van der Waals surface area contributed by atoms with E-state index >= 15 is 0 Å². The first-order chi connectivity index (χ1) is 4.77. The summed E-state index contributed by atoms with van der Waals surface area (Å²) in [6, 6.07) is 0. The monoisotopic (exact) mass is 177 g/mol. The number of hydrogen-bond acceptors (Lipinski definition) is 1. The van der Waals surface area contributed by atoms with Crippen molar-refractivity contribution in [2.45, 2.75) is 6.92 Å². The molecule has 0 aromatic rings. The molecule has 56 valence electrons. The minimum absolute atomic E-state index is 0.289. The molecule has 0 aromatic carbocycles. The van der Waals surface area contributed by atoms with Crippen LogP contribution in [-0.4, -0.2) is 13.1 Å². The minimum atomic E-state index is 0.289. The molecule has 0 saturated carbocycles. The predicted molar refractivity (Wildman–Crippen MR) is 46.1 cm³/mol. The predicted octanol–water partition coefficient (Wildman–Crippen LogP) is 1.92. The molecule has 0 aliphatic carbocycles. The van der Waals surface area contributed by atoms with E-state index in [2.05, 4.69) is 17.2 Å². The Morgan fingerprint density at radius 3 is 2.80 bits per heavy atom. The summed E-state index contributed by atoms with van der Waals surface area (Å²) in [5.41, 5.74) is 0. The van der Waals surface area contributed by atoms with Crippen LogP contribution in [0.15, 0.2) is 10.6 Å². The zero-order valence-corrected chi connectivity index (χ0v) is 7.26. The SMILES string of the molecule is CC#CCNCC=C(Cl)Cl. The average Bonchev–Trinajstić information content (AvgIpc) is 1.87. The van der Waals surface area contributed by atoms with Crippen molar-refractivity contribution in [3.05, 3.63) is 10.6 Å². The third-order valence-electron chi connectivity index (χ3n) is 0.791. The molecular formula is C7H9Cl2N. The van der Waals surface area contributed by atoms with Gasteiger partial charge in [-0.2, -0.15) is 0 Å². The standard InChI is InChI=1S/C7H9Cl2N/c1-2-3-5-10-6-4-7(8)9/h4,10H,5-6H2,1H3. The Morgan fingerprint density at radius 1 is 1.60 bits per heavy atom. The van der Waals surface area contributed by atoms with Crippen LogP contribution in [0, 0.1) is 11.8 Å². The molecule has 3 heteroatoms. The van der Waals surface area contributed by atoms with Gasteiger partial charge in [-0.1, -0.05) is 29.1 Å². The number of halogens is 2. The van der Waals surface area contributed by atoms with E-state index in [0.717, 1.165) is 0 Å². The van der Waals surface area contributed by atoms with Crippen LogP contribution in [0.25, 0.3) is 0 Å². The van der Waals surface area contributed by atoms with Gasteiger partial charge >= 0.3 is 0 Å². The fraction of sp³-hybridized carbons (Fsp3) is 0.429. The van der Waals surface area contributed by atoms with Crippen molar-refractivity contribution >= 4 is 23.2 Å².